The lowest BCUT2D eigenvalue weighted by molar-refractivity contribution is -0.128. The molecule has 0 aliphatic heterocycles. The van der Waals surface area contributed by atoms with Crippen molar-refractivity contribution in [2.45, 2.75) is 45.7 Å². The number of nitrogens with one attached hydrogen (secondary N) is 1. The maximum Gasteiger partial charge on any atom is 0.251 e. The van der Waals surface area contributed by atoms with E-state index in [0.29, 0.717) is 12.0 Å². The van der Waals surface area contributed by atoms with E-state index < -0.39 is 0 Å². The standard InChI is InChI=1S/C10H21N3O/c1-4-13(8-5-6-8)9(7(2)3)10(14)12-11/h7-9H,4-6,11H2,1-3H3,(H,12,14). The van der Waals surface area contributed by atoms with Crippen LogP contribution in [-0.4, -0.2) is 29.4 Å². The second-order valence-corrected chi connectivity index (χ2v) is 4.26. The Bertz CT molecular complexity index is 202. The maximum atomic E-state index is 11.6. The zero-order valence-electron chi connectivity index (χ0n) is 9.29. The van der Waals surface area contributed by atoms with Gasteiger partial charge in [-0.1, -0.05) is 20.8 Å². The molecule has 0 aromatic rings. The molecule has 0 bridgehead atoms. The lowest BCUT2D eigenvalue weighted by Crippen LogP contribution is -2.52. The molecule has 1 unspecified atom stereocenters. The number of nitrogens with two attached hydrogens (primary N) is 1. The average molecular weight is 199 g/mol. The Morgan fingerprint density at radius 3 is 2.43 bits per heavy atom. The maximum absolute atomic E-state index is 11.6. The molecule has 0 aromatic heterocycles. The summed E-state index contributed by atoms with van der Waals surface area (Å²) >= 11 is 0. The molecule has 0 aromatic carbocycles. The number of likely N-dealkylation sites (N-methyl/N-ethyl adjacent to an activating group) is 1. The smallest absolute Gasteiger partial charge is 0.251 e. The van der Waals surface area contributed by atoms with Crippen molar-refractivity contribution in [1.29, 1.82) is 0 Å². The van der Waals surface area contributed by atoms with Gasteiger partial charge in [0.05, 0.1) is 6.04 Å². The summed E-state index contributed by atoms with van der Waals surface area (Å²) in [5.41, 5.74) is 2.26. The number of hydrazine groups is 1. The molecule has 1 aliphatic carbocycles. The Labute approximate surface area is 85.8 Å². The first kappa shape index (κ1) is 11.5. The van der Waals surface area contributed by atoms with Gasteiger partial charge in [0, 0.05) is 6.04 Å². The second-order valence-electron chi connectivity index (χ2n) is 4.26. The fourth-order valence-corrected chi connectivity index (χ4v) is 2.01. The lowest BCUT2D eigenvalue weighted by atomic mass is 10.0. The van der Waals surface area contributed by atoms with E-state index in [0.717, 1.165) is 6.54 Å². The first-order valence-electron chi connectivity index (χ1n) is 5.38. The molecule has 0 saturated heterocycles. The van der Waals surface area contributed by atoms with Crippen molar-refractivity contribution in [3.8, 4) is 0 Å². The summed E-state index contributed by atoms with van der Waals surface area (Å²) in [7, 11) is 0. The summed E-state index contributed by atoms with van der Waals surface area (Å²) in [5, 5.41) is 0. The van der Waals surface area contributed by atoms with Crippen molar-refractivity contribution in [3.05, 3.63) is 0 Å². The van der Waals surface area contributed by atoms with E-state index in [1.165, 1.54) is 12.8 Å². The Balaban J connectivity index is 2.68. The van der Waals surface area contributed by atoms with Crippen molar-refractivity contribution in [1.82, 2.24) is 10.3 Å². The topological polar surface area (TPSA) is 58.4 Å². The minimum Gasteiger partial charge on any atom is -0.293 e. The first-order chi connectivity index (χ1) is 6.61. The van der Waals surface area contributed by atoms with Gasteiger partial charge in [-0.2, -0.15) is 0 Å². The average Bonchev–Trinajstić information content (AvgIpc) is 2.95. The Kier molecular flexibility index (Phi) is 3.89. The van der Waals surface area contributed by atoms with Gasteiger partial charge in [0.1, 0.15) is 0 Å². The van der Waals surface area contributed by atoms with Crippen molar-refractivity contribution in [3.63, 3.8) is 0 Å². The van der Waals surface area contributed by atoms with E-state index in [1.807, 2.05) is 0 Å². The Morgan fingerprint density at radius 1 is 1.57 bits per heavy atom. The van der Waals surface area contributed by atoms with E-state index in [1.54, 1.807) is 0 Å². The van der Waals surface area contributed by atoms with Crippen molar-refractivity contribution < 1.29 is 4.79 Å². The first-order valence-corrected chi connectivity index (χ1v) is 5.38. The highest BCUT2D eigenvalue weighted by Gasteiger charge is 2.37. The molecule has 4 heteroatoms. The zero-order valence-corrected chi connectivity index (χ0v) is 9.29. The van der Waals surface area contributed by atoms with E-state index in [9.17, 15) is 4.79 Å². The number of carbonyl (C=O) groups is 1. The van der Waals surface area contributed by atoms with Crippen LogP contribution in [0.2, 0.25) is 0 Å². The molecule has 0 spiro atoms. The van der Waals surface area contributed by atoms with Crippen LogP contribution >= 0.6 is 0 Å². The van der Waals surface area contributed by atoms with Crippen LogP contribution in [0.5, 0.6) is 0 Å². The monoisotopic (exact) mass is 199 g/mol. The number of hydrogen-bond donors (Lipinski definition) is 2. The Hall–Kier alpha value is -0.610. The van der Waals surface area contributed by atoms with Crippen LogP contribution in [0.25, 0.3) is 0 Å². The van der Waals surface area contributed by atoms with Gasteiger partial charge in [0.25, 0.3) is 5.91 Å². The molecule has 0 radical (unpaired) electrons. The van der Waals surface area contributed by atoms with Gasteiger partial charge >= 0.3 is 0 Å². The molecule has 3 N–H and O–H groups in total. The van der Waals surface area contributed by atoms with Gasteiger partial charge < -0.3 is 0 Å². The fraction of sp³-hybridized carbons (Fsp3) is 0.900. The zero-order chi connectivity index (χ0) is 10.7. The van der Waals surface area contributed by atoms with Crippen molar-refractivity contribution in [2.75, 3.05) is 6.54 Å². The van der Waals surface area contributed by atoms with Crippen molar-refractivity contribution >= 4 is 5.91 Å². The highest BCUT2D eigenvalue weighted by molar-refractivity contribution is 5.81. The molecule has 4 nitrogen and oxygen atoms in total. The predicted octanol–water partition coefficient (Wildman–Crippen LogP) is 0.485. The summed E-state index contributed by atoms with van der Waals surface area (Å²) in [6, 6.07) is 0.530. The van der Waals surface area contributed by atoms with Crippen LogP contribution in [0, 0.1) is 5.92 Å². The number of rotatable bonds is 5. The fourth-order valence-electron chi connectivity index (χ4n) is 2.01. The van der Waals surface area contributed by atoms with Crippen LogP contribution in [0.15, 0.2) is 0 Å². The molecule has 0 heterocycles. The SMILES string of the molecule is CCN(C1CC1)C(C(=O)NN)C(C)C. The van der Waals surface area contributed by atoms with Gasteiger partial charge in [-0.3, -0.25) is 15.1 Å². The number of carbonyl (C=O) groups excluding carboxylic acids is 1. The molecular weight excluding hydrogens is 178 g/mol. The van der Waals surface area contributed by atoms with Crippen LogP contribution in [0.4, 0.5) is 0 Å². The highest BCUT2D eigenvalue weighted by Crippen LogP contribution is 2.30. The number of nitrogens with zero attached hydrogens (tertiary/aromatic N) is 1. The summed E-state index contributed by atoms with van der Waals surface area (Å²) < 4.78 is 0. The molecule has 14 heavy (non-hydrogen) atoms. The molecule has 1 amide bonds. The summed E-state index contributed by atoms with van der Waals surface area (Å²) in [6.45, 7) is 7.13. The molecule has 1 saturated carbocycles. The van der Waals surface area contributed by atoms with Crippen LogP contribution < -0.4 is 11.3 Å². The molecule has 1 aliphatic rings. The van der Waals surface area contributed by atoms with E-state index in [2.05, 4.69) is 31.1 Å². The normalized spacial score (nSPS) is 18.7. The third kappa shape index (κ3) is 2.45. The van der Waals surface area contributed by atoms with Crippen molar-refractivity contribution in [2.24, 2.45) is 11.8 Å². The highest BCUT2D eigenvalue weighted by atomic mass is 16.2. The Morgan fingerprint density at radius 2 is 2.14 bits per heavy atom. The van der Waals surface area contributed by atoms with Gasteiger partial charge in [0.2, 0.25) is 0 Å². The molecule has 1 atom stereocenters. The van der Waals surface area contributed by atoms with Gasteiger partial charge in [0.15, 0.2) is 0 Å². The number of amides is 1. The van der Waals surface area contributed by atoms with E-state index >= 15 is 0 Å². The third-order valence-electron chi connectivity index (χ3n) is 2.78. The summed E-state index contributed by atoms with van der Waals surface area (Å²) in [5.74, 6) is 5.44. The minimum atomic E-state index is -0.0718. The van der Waals surface area contributed by atoms with E-state index in [4.69, 9.17) is 5.84 Å². The van der Waals surface area contributed by atoms with Gasteiger partial charge in [-0.15, -0.1) is 0 Å². The molecular formula is C10H21N3O. The van der Waals surface area contributed by atoms with Crippen LogP contribution in [-0.2, 0) is 4.79 Å². The molecule has 1 fully saturated rings. The summed E-state index contributed by atoms with van der Waals surface area (Å²) in [4.78, 5) is 13.9. The molecule has 1 rings (SSSR count). The minimum absolute atomic E-state index is 0.0613. The predicted molar refractivity (Wildman–Crippen MR) is 56.4 cm³/mol. The number of hydrogen-bond acceptors (Lipinski definition) is 3. The molecule has 82 valence electrons. The van der Waals surface area contributed by atoms with Crippen LogP contribution in [0.3, 0.4) is 0 Å². The quantitative estimate of drug-likeness (QED) is 0.385. The van der Waals surface area contributed by atoms with Crippen LogP contribution in [0.1, 0.15) is 33.6 Å². The van der Waals surface area contributed by atoms with Gasteiger partial charge in [-0.05, 0) is 25.3 Å². The third-order valence-corrected chi connectivity index (χ3v) is 2.78. The summed E-state index contributed by atoms with van der Waals surface area (Å²) in [6.07, 6.45) is 2.43. The lowest BCUT2D eigenvalue weighted by Gasteiger charge is -2.31. The second kappa shape index (κ2) is 4.75. The van der Waals surface area contributed by atoms with E-state index in [-0.39, 0.29) is 11.9 Å². The largest absolute Gasteiger partial charge is 0.293 e. The van der Waals surface area contributed by atoms with Gasteiger partial charge in [-0.25, -0.2) is 5.84 Å².